The number of amides is 3. The summed E-state index contributed by atoms with van der Waals surface area (Å²) in [6.07, 6.45) is 4.27. The summed E-state index contributed by atoms with van der Waals surface area (Å²) in [5.74, 6) is 0.492. The van der Waals surface area contributed by atoms with Crippen LogP contribution in [0.15, 0.2) is 18.3 Å². The fourth-order valence-electron chi connectivity index (χ4n) is 2.84. The Morgan fingerprint density at radius 1 is 1.36 bits per heavy atom. The Morgan fingerprint density at radius 3 is 2.96 bits per heavy atom. The molecule has 1 aliphatic rings. The van der Waals surface area contributed by atoms with Gasteiger partial charge in [-0.15, -0.1) is 0 Å². The number of nitrogens with zero attached hydrogens (tertiary/aromatic N) is 2. The van der Waals surface area contributed by atoms with Crippen molar-refractivity contribution >= 4 is 11.9 Å². The van der Waals surface area contributed by atoms with Crippen molar-refractivity contribution in [2.45, 2.75) is 39.7 Å². The van der Waals surface area contributed by atoms with Crippen molar-refractivity contribution < 1.29 is 14.3 Å². The Morgan fingerprint density at radius 2 is 2.20 bits per heavy atom. The molecule has 25 heavy (non-hydrogen) atoms. The summed E-state index contributed by atoms with van der Waals surface area (Å²) in [5, 5.41) is 5.83. The van der Waals surface area contributed by atoms with Gasteiger partial charge in [-0.25, -0.2) is 9.78 Å². The highest BCUT2D eigenvalue weighted by molar-refractivity contribution is 5.80. The van der Waals surface area contributed by atoms with Crippen LogP contribution in [0.4, 0.5) is 4.79 Å². The molecule has 1 aliphatic heterocycles. The Kier molecular flexibility index (Phi) is 7.50. The zero-order valence-electron chi connectivity index (χ0n) is 15.1. The molecule has 0 unspecified atom stereocenters. The van der Waals surface area contributed by atoms with Gasteiger partial charge in [0.05, 0.1) is 12.5 Å². The van der Waals surface area contributed by atoms with Gasteiger partial charge in [-0.05, 0) is 37.8 Å². The molecule has 0 aromatic carbocycles. The number of hydrogen-bond acceptors (Lipinski definition) is 4. The third-order valence-electron chi connectivity index (χ3n) is 4.16. The number of ether oxygens (including phenoxy) is 1. The minimum Gasteiger partial charge on any atom is -0.478 e. The molecule has 138 valence electrons. The highest BCUT2D eigenvalue weighted by atomic mass is 16.5. The lowest BCUT2D eigenvalue weighted by molar-refractivity contribution is -0.126. The van der Waals surface area contributed by atoms with Crippen molar-refractivity contribution in [3.8, 4) is 5.88 Å². The van der Waals surface area contributed by atoms with E-state index < -0.39 is 0 Å². The summed E-state index contributed by atoms with van der Waals surface area (Å²) < 4.78 is 5.36. The van der Waals surface area contributed by atoms with Crippen molar-refractivity contribution in [2.75, 3.05) is 26.2 Å². The molecule has 7 nitrogen and oxygen atoms in total. The predicted molar refractivity (Wildman–Crippen MR) is 95.2 cm³/mol. The Labute approximate surface area is 149 Å². The van der Waals surface area contributed by atoms with E-state index in [1.807, 2.05) is 26.0 Å². The Bertz CT molecular complexity index is 579. The first-order chi connectivity index (χ1) is 12.1. The molecule has 2 heterocycles. The van der Waals surface area contributed by atoms with E-state index in [0.29, 0.717) is 38.7 Å². The largest absolute Gasteiger partial charge is 0.478 e. The average molecular weight is 348 g/mol. The van der Waals surface area contributed by atoms with Gasteiger partial charge in [0, 0.05) is 38.4 Å². The maximum Gasteiger partial charge on any atom is 0.317 e. The zero-order chi connectivity index (χ0) is 18.1. The maximum atomic E-state index is 12.4. The molecule has 0 spiro atoms. The lowest BCUT2D eigenvalue weighted by atomic mass is 9.97. The number of hydrogen-bond donors (Lipinski definition) is 2. The summed E-state index contributed by atoms with van der Waals surface area (Å²) >= 11 is 0. The van der Waals surface area contributed by atoms with E-state index in [2.05, 4.69) is 15.6 Å². The number of likely N-dealkylation sites (tertiary alicyclic amines) is 1. The van der Waals surface area contributed by atoms with E-state index in [1.165, 1.54) is 0 Å². The van der Waals surface area contributed by atoms with Crippen molar-refractivity contribution in [3.63, 3.8) is 0 Å². The van der Waals surface area contributed by atoms with E-state index >= 15 is 0 Å². The van der Waals surface area contributed by atoms with Crippen LogP contribution in [0.3, 0.4) is 0 Å². The van der Waals surface area contributed by atoms with E-state index in [1.54, 1.807) is 11.1 Å². The number of piperidine rings is 1. The summed E-state index contributed by atoms with van der Waals surface area (Å²) in [6, 6.07) is 3.53. The number of carbonyl (C=O) groups is 2. The van der Waals surface area contributed by atoms with Crippen LogP contribution in [0, 0.1) is 5.92 Å². The molecule has 0 radical (unpaired) electrons. The number of carbonyl (C=O) groups excluding carboxylic acids is 2. The number of aromatic nitrogens is 1. The van der Waals surface area contributed by atoms with Crippen molar-refractivity contribution in [1.82, 2.24) is 20.5 Å². The molecular formula is C18H28N4O3. The average Bonchev–Trinajstić information content (AvgIpc) is 2.65. The van der Waals surface area contributed by atoms with E-state index in [4.69, 9.17) is 4.74 Å². The number of nitrogens with one attached hydrogen (secondary N) is 2. The molecule has 2 rings (SSSR count). The lowest BCUT2D eigenvalue weighted by Gasteiger charge is -2.32. The van der Waals surface area contributed by atoms with Gasteiger partial charge in [0.2, 0.25) is 11.8 Å². The third kappa shape index (κ3) is 5.92. The quantitative estimate of drug-likeness (QED) is 0.789. The summed E-state index contributed by atoms with van der Waals surface area (Å²) in [5.41, 5.74) is 0.932. The van der Waals surface area contributed by atoms with Crippen LogP contribution in [0.2, 0.25) is 0 Å². The normalized spacial score (nSPS) is 17.0. The molecule has 0 bridgehead atoms. The minimum absolute atomic E-state index is 0.0508. The Balaban J connectivity index is 1.83. The van der Waals surface area contributed by atoms with Crippen LogP contribution in [0.1, 0.15) is 38.7 Å². The molecule has 1 fully saturated rings. The third-order valence-corrected chi connectivity index (χ3v) is 4.16. The van der Waals surface area contributed by atoms with Gasteiger partial charge in [-0.3, -0.25) is 4.79 Å². The summed E-state index contributed by atoms with van der Waals surface area (Å²) in [4.78, 5) is 30.4. The lowest BCUT2D eigenvalue weighted by Crippen LogP contribution is -2.48. The molecule has 2 N–H and O–H groups in total. The number of rotatable bonds is 7. The number of urea groups is 1. The van der Waals surface area contributed by atoms with Crippen LogP contribution in [0.25, 0.3) is 0 Å². The van der Waals surface area contributed by atoms with Crippen molar-refractivity contribution in [3.05, 3.63) is 23.9 Å². The van der Waals surface area contributed by atoms with Gasteiger partial charge in [0.1, 0.15) is 0 Å². The summed E-state index contributed by atoms with van der Waals surface area (Å²) in [7, 11) is 0. The minimum atomic E-state index is -0.136. The van der Waals surface area contributed by atoms with Crippen molar-refractivity contribution in [2.24, 2.45) is 5.92 Å². The van der Waals surface area contributed by atoms with Gasteiger partial charge in [0.15, 0.2) is 0 Å². The molecule has 1 aromatic rings. The molecule has 1 atom stereocenters. The van der Waals surface area contributed by atoms with Crippen LogP contribution in [-0.4, -0.2) is 48.1 Å². The van der Waals surface area contributed by atoms with Crippen LogP contribution in [0.5, 0.6) is 5.88 Å². The molecule has 0 aliphatic carbocycles. The first-order valence-corrected chi connectivity index (χ1v) is 9.02. The highest BCUT2D eigenvalue weighted by Crippen LogP contribution is 2.17. The predicted octanol–water partition coefficient (Wildman–Crippen LogP) is 1.93. The maximum absolute atomic E-state index is 12.4. The molecule has 1 saturated heterocycles. The van der Waals surface area contributed by atoms with Gasteiger partial charge in [-0.2, -0.15) is 0 Å². The summed E-state index contributed by atoms with van der Waals surface area (Å²) in [6.45, 7) is 6.73. The number of pyridine rings is 1. The van der Waals surface area contributed by atoms with E-state index in [-0.39, 0.29) is 17.9 Å². The first kappa shape index (κ1) is 19.0. The smallest absolute Gasteiger partial charge is 0.317 e. The molecular weight excluding hydrogens is 320 g/mol. The zero-order valence-corrected chi connectivity index (χ0v) is 15.1. The highest BCUT2D eigenvalue weighted by Gasteiger charge is 2.28. The second-order valence-corrected chi connectivity index (χ2v) is 6.17. The topological polar surface area (TPSA) is 83.6 Å². The first-order valence-electron chi connectivity index (χ1n) is 9.02. The standard InChI is InChI=1S/C18H28N4O3/c1-3-8-20-17(23)15-6-5-10-22(13-15)18(24)21-12-14-7-9-19-16(11-14)25-4-2/h7,9,11,15H,3-6,8,10,12-13H2,1-2H3,(H,20,23)(H,21,24)/t15-/m0/s1. The van der Waals surface area contributed by atoms with Crippen LogP contribution in [-0.2, 0) is 11.3 Å². The second kappa shape index (κ2) is 9.86. The second-order valence-electron chi connectivity index (χ2n) is 6.17. The molecule has 1 aromatic heterocycles. The molecule has 7 heteroatoms. The van der Waals surface area contributed by atoms with Gasteiger partial charge < -0.3 is 20.3 Å². The van der Waals surface area contributed by atoms with Gasteiger partial charge in [-0.1, -0.05) is 6.92 Å². The molecule has 3 amide bonds. The Hall–Kier alpha value is -2.31. The van der Waals surface area contributed by atoms with Gasteiger partial charge >= 0.3 is 6.03 Å². The fraction of sp³-hybridized carbons (Fsp3) is 0.611. The van der Waals surface area contributed by atoms with E-state index in [9.17, 15) is 9.59 Å². The molecule has 0 saturated carbocycles. The van der Waals surface area contributed by atoms with E-state index in [0.717, 1.165) is 24.8 Å². The van der Waals surface area contributed by atoms with Crippen LogP contribution < -0.4 is 15.4 Å². The fourth-order valence-corrected chi connectivity index (χ4v) is 2.84. The van der Waals surface area contributed by atoms with Gasteiger partial charge in [0.25, 0.3) is 0 Å². The monoisotopic (exact) mass is 348 g/mol. The SMILES string of the molecule is CCCNC(=O)[C@H]1CCCN(C(=O)NCc2ccnc(OCC)c2)C1. The van der Waals surface area contributed by atoms with Crippen molar-refractivity contribution in [1.29, 1.82) is 0 Å². The van der Waals surface area contributed by atoms with Crippen LogP contribution >= 0.6 is 0 Å².